The summed E-state index contributed by atoms with van der Waals surface area (Å²) in [6, 6.07) is 3.67. The average Bonchev–Trinajstić information content (AvgIpc) is 2.74. The fraction of sp³-hybridized carbons (Fsp3) is 0.300. The first kappa shape index (κ1) is 11.3. The summed E-state index contributed by atoms with van der Waals surface area (Å²) in [6.45, 7) is 2.05. The smallest absolute Gasteiger partial charge is 0.170 e. The standard InChI is InChI=1S/C10H12N4S2/c1-2-9-13-10(16-14-9)15-6-8-5-7(11)3-4-12-8/h3-5H,2,6H2,1H3,(H2,11,12). The molecule has 0 bridgehead atoms. The molecule has 2 heterocycles. The molecule has 16 heavy (non-hydrogen) atoms. The van der Waals surface area contributed by atoms with Crippen molar-refractivity contribution in [1.29, 1.82) is 0 Å². The molecule has 0 aliphatic rings. The van der Waals surface area contributed by atoms with Gasteiger partial charge in [-0.05, 0) is 23.7 Å². The Hall–Kier alpha value is -1.14. The average molecular weight is 252 g/mol. The molecule has 0 unspecified atom stereocenters. The highest BCUT2D eigenvalue weighted by Crippen LogP contribution is 2.24. The van der Waals surface area contributed by atoms with E-state index in [1.165, 1.54) is 11.5 Å². The van der Waals surface area contributed by atoms with Crippen LogP contribution in [0.2, 0.25) is 0 Å². The highest BCUT2D eigenvalue weighted by Gasteiger charge is 2.04. The van der Waals surface area contributed by atoms with E-state index in [-0.39, 0.29) is 0 Å². The topological polar surface area (TPSA) is 64.7 Å². The highest BCUT2D eigenvalue weighted by atomic mass is 32.2. The molecule has 6 heteroatoms. The fourth-order valence-corrected chi connectivity index (χ4v) is 2.75. The Morgan fingerprint density at radius 2 is 2.38 bits per heavy atom. The third-order valence-electron chi connectivity index (χ3n) is 1.95. The number of anilines is 1. The summed E-state index contributed by atoms with van der Waals surface area (Å²) in [7, 11) is 0. The number of pyridine rings is 1. The van der Waals surface area contributed by atoms with E-state index in [1.807, 2.05) is 6.07 Å². The molecule has 0 saturated carbocycles. The van der Waals surface area contributed by atoms with Gasteiger partial charge in [0.2, 0.25) is 0 Å². The number of aromatic nitrogens is 3. The number of hydrogen-bond donors (Lipinski definition) is 1. The molecule has 0 amide bonds. The lowest BCUT2D eigenvalue weighted by Gasteiger charge is -1.98. The summed E-state index contributed by atoms with van der Waals surface area (Å²) in [5.41, 5.74) is 7.40. The van der Waals surface area contributed by atoms with Crippen LogP contribution < -0.4 is 5.73 Å². The number of aryl methyl sites for hydroxylation is 1. The lowest BCUT2D eigenvalue weighted by atomic mass is 10.3. The van der Waals surface area contributed by atoms with Crippen molar-refractivity contribution in [1.82, 2.24) is 14.3 Å². The Balaban J connectivity index is 1.96. The van der Waals surface area contributed by atoms with E-state index >= 15 is 0 Å². The van der Waals surface area contributed by atoms with Crippen molar-refractivity contribution < 1.29 is 0 Å². The minimum Gasteiger partial charge on any atom is -0.399 e. The van der Waals surface area contributed by atoms with Crippen LogP contribution in [0.1, 0.15) is 18.4 Å². The number of nitrogens with zero attached hydrogens (tertiary/aromatic N) is 3. The van der Waals surface area contributed by atoms with E-state index in [0.29, 0.717) is 0 Å². The lowest BCUT2D eigenvalue weighted by molar-refractivity contribution is 0.971. The molecule has 0 fully saturated rings. The summed E-state index contributed by atoms with van der Waals surface area (Å²) in [5.74, 6) is 1.69. The van der Waals surface area contributed by atoms with Gasteiger partial charge in [0.1, 0.15) is 5.82 Å². The summed E-state index contributed by atoms with van der Waals surface area (Å²) in [6.07, 6.45) is 2.61. The predicted molar refractivity (Wildman–Crippen MR) is 67.5 cm³/mol. The molecule has 0 atom stereocenters. The van der Waals surface area contributed by atoms with Crippen molar-refractivity contribution in [3.8, 4) is 0 Å². The summed E-state index contributed by atoms with van der Waals surface area (Å²) < 4.78 is 5.22. The van der Waals surface area contributed by atoms with Gasteiger partial charge in [-0.25, -0.2) is 4.98 Å². The maximum atomic E-state index is 5.68. The van der Waals surface area contributed by atoms with Crippen molar-refractivity contribution in [2.75, 3.05) is 5.73 Å². The molecule has 0 radical (unpaired) electrons. The zero-order valence-corrected chi connectivity index (χ0v) is 10.5. The molecule has 0 aliphatic heterocycles. The first-order valence-electron chi connectivity index (χ1n) is 4.93. The second kappa shape index (κ2) is 5.27. The molecular formula is C10H12N4S2. The van der Waals surface area contributed by atoms with Gasteiger partial charge in [-0.15, -0.1) is 0 Å². The molecule has 2 rings (SSSR count). The van der Waals surface area contributed by atoms with Crippen LogP contribution in [0.3, 0.4) is 0 Å². The number of nitrogen functional groups attached to an aromatic ring is 1. The van der Waals surface area contributed by atoms with Crippen molar-refractivity contribution >= 4 is 29.0 Å². The minimum absolute atomic E-state index is 0.747. The van der Waals surface area contributed by atoms with Crippen LogP contribution in [-0.2, 0) is 12.2 Å². The van der Waals surface area contributed by atoms with E-state index < -0.39 is 0 Å². The van der Waals surface area contributed by atoms with E-state index in [4.69, 9.17) is 5.73 Å². The van der Waals surface area contributed by atoms with Gasteiger partial charge in [-0.2, -0.15) is 4.37 Å². The second-order valence-electron chi connectivity index (χ2n) is 3.20. The van der Waals surface area contributed by atoms with E-state index in [9.17, 15) is 0 Å². The number of rotatable bonds is 4. The molecule has 2 aromatic heterocycles. The zero-order valence-electron chi connectivity index (χ0n) is 8.88. The quantitative estimate of drug-likeness (QED) is 0.846. The van der Waals surface area contributed by atoms with Crippen LogP contribution in [0, 0.1) is 0 Å². The van der Waals surface area contributed by atoms with Crippen molar-refractivity contribution in [2.24, 2.45) is 0 Å². The Labute approximate surface area is 102 Å². The van der Waals surface area contributed by atoms with Gasteiger partial charge in [0.25, 0.3) is 0 Å². The van der Waals surface area contributed by atoms with Gasteiger partial charge in [0.05, 0.1) is 5.69 Å². The summed E-state index contributed by atoms with van der Waals surface area (Å²) >= 11 is 3.09. The first-order valence-corrected chi connectivity index (χ1v) is 6.69. The van der Waals surface area contributed by atoms with Gasteiger partial charge in [0.15, 0.2) is 4.34 Å². The molecular weight excluding hydrogens is 240 g/mol. The Bertz CT molecular complexity index is 469. The summed E-state index contributed by atoms with van der Waals surface area (Å²) in [5, 5.41) is 0. The van der Waals surface area contributed by atoms with Crippen LogP contribution in [0.25, 0.3) is 0 Å². The molecule has 0 aromatic carbocycles. The van der Waals surface area contributed by atoms with Crippen LogP contribution in [0.4, 0.5) is 5.69 Å². The molecule has 2 N–H and O–H groups in total. The van der Waals surface area contributed by atoms with E-state index in [1.54, 1.807) is 24.0 Å². The minimum atomic E-state index is 0.747. The predicted octanol–water partition coefficient (Wildman–Crippen LogP) is 2.37. The van der Waals surface area contributed by atoms with E-state index in [0.717, 1.165) is 33.7 Å². The van der Waals surface area contributed by atoms with Gasteiger partial charge < -0.3 is 5.73 Å². The zero-order chi connectivity index (χ0) is 11.4. The molecule has 0 aliphatic carbocycles. The summed E-state index contributed by atoms with van der Waals surface area (Å²) in [4.78, 5) is 8.61. The Morgan fingerprint density at radius 1 is 1.50 bits per heavy atom. The number of thioether (sulfide) groups is 1. The molecule has 84 valence electrons. The maximum Gasteiger partial charge on any atom is 0.170 e. The van der Waals surface area contributed by atoms with Crippen molar-refractivity contribution in [3.63, 3.8) is 0 Å². The van der Waals surface area contributed by atoms with Gasteiger partial charge in [-0.1, -0.05) is 18.7 Å². The van der Waals surface area contributed by atoms with E-state index in [2.05, 4.69) is 21.3 Å². The fourth-order valence-electron chi connectivity index (χ4n) is 1.15. The Morgan fingerprint density at radius 3 is 3.06 bits per heavy atom. The van der Waals surface area contributed by atoms with Crippen LogP contribution in [0.15, 0.2) is 22.7 Å². The van der Waals surface area contributed by atoms with Gasteiger partial charge >= 0.3 is 0 Å². The Kier molecular flexibility index (Phi) is 3.74. The second-order valence-corrected chi connectivity index (χ2v) is 5.17. The molecule has 2 aromatic rings. The monoisotopic (exact) mass is 252 g/mol. The first-order chi connectivity index (χ1) is 7.78. The van der Waals surface area contributed by atoms with Crippen LogP contribution in [0.5, 0.6) is 0 Å². The molecule has 0 spiro atoms. The van der Waals surface area contributed by atoms with Crippen LogP contribution in [-0.4, -0.2) is 14.3 Å². The van der Waals surface area contributed by atoms with Gasteiger partial charge in [-0.3, -0.25) is 4.98 Å². The van der Waals surface area contributed by atoms with Gasteiger partial charge in [0, 0.05) is 24.1 Å². The third-order valence-corrected chi connectivity index (χ3v) is 3.85. The lowest BCUT2D eigenvalue weighted by Crippen LogP contribution is -1.90. The highest BCUT2D eigenvalue weighted by molar-refractivity contribution is 8.00. The normalized spacial score (nSPS) is 10.6. The third kappa shape index (κ3) is 2.93. The number of nitrogens with two attached hydrogens (primary N) is 1. The number of hydrogen-bond acceptors (Lipinski definition) is 6. The van der Waals surface area contributed by atoms with Crippen LogP contribution >= 0.6 is 23.3 Å². The molecule has 0 saturated heterocycles. The SMILES string of the molecule is CCc1nsc(SCc2cc(N)ccn2)n1. The largest absolute Gasteiger partial charge is 0.399 e. The van der Waals surface area contributed by atoms with Crippen molar-refractivity contribution in [3.05, 3.63) is 29.8 Å². The van der Waals surface area contributed by atoms with Crippen molar-refractivity contribution in [2.45, 2.75) is 23.4 Å². The molecule has 4 nitrogen and oxygen atoms in total. The maximum absolute atomic E-state index is 5.68.